The molecule has 0 unspecified atom stereocenters. The van der Waals surface area contributed by atoms with Crippen LogP contribution in [0.3, 0.4) is 0 Å². The number of rotatable bonds is 7. The van der Waals surface area contributed by atoms with Gasteiger partial charge in [0.05, 0.1) is 30.0 Å². The molecule has 180 valence electrons. The number of nitrogens with zero attached hydrogens (tertiary/aromatic N) is 4. The van der Waals surface area contributed by atoms with Gasteiger partial charge in [-0.1, -0.05) is 6.92 Å². The van der Waals surface area contributed by atoms with Gasteiger partial charge in [0.1, 0.15) is 24.7 Å². The molecule has 0 spiro atoms. The Morgan fingerprint density at radius 1 is 1.09 bits per heavy atom. The van der Waals surface area contributed by atoms with Gasteiger partial charge in [-0.3, -0.25) is 19.6 Å². The van der Waals surface area contributed by atoms with Crippen LogP contribution in [0.15, 0.2) is 61.1 Å². The third kappa shape index (κ3) is 4.97. The van der Waals surface area contributed by atoms with E-state index in [1.807, 2.05) is 17.6 Å². The van der Waals surface area contributed by atoms with E-state index in [4.69, 9.17) is 4.74 Å². The van der Waals surface area contributed by atoms with Gasteiger partial charge in [-0.25, -0.2) is 19.2 Å². The standard InChI is InChI=1S/C25H24FN5O4/c1-4-16-11-17(24(32)31(15-34-2)19-7-5-18(26)6-8-19)12-21-23(16)28-14-30(21)20-9-10-22(27-13-20)29-25(33)35-3/h5-14H,4,15H2,1-3H3,(H,27,29,33). The predicted molar refractivity (Wildman–Crippen MR) is 129 cm³/mol. The van der Waals surface area contributed by atoms with Crippen LogP contribution in [0, 0.1) is 5.82 Å². The van der Waals surface area contributed by atoms with Crippen molar-refractivity contribution in [3.63, 3.8) is 0 Å². The monoisotopic (exact) mass is 477 g/mol. The molecule has 0 aliphatic rings. The molecule has 2 heterocycles. The lowest BCUT2D eigenvalue weighted by molar-refractivity contribution is 0.0936. The van der Waals surface area contributed by atoms with Crippen molar-refractivity contribution in [1.29, 1.82) is 0 Å². The van der Waals surface area contributed by atoms with Gasteiger partial charge >= 0.3 is 6.09 Å². The first-order valence-corrected chi connectivity index (χ1v) is 10.8. The van der Waals surface area contributed by atoms with E-state index in [-0.39, 0.29) is 12.6 Å². The molecular formula is C25H24FN5O4. The van der Waals surface area contributed by atoms with Gasteiger partial charge in [0.25, 0.3) is 5.91 Å². The SMILES string of the molecule is CCc1cc(C(=O)N(COC)c2ccc(F)cc2)cc2c1ncn2-c1ccc(NC(=O)OC)nc1. The molecule has 0 atom stereocenters. The second-order valence-corrected chi connectivity index (χ2v) is 7.62. The van der Waals surface area contributed by atoms with E-state index in [1.165, 1.54) is 43.4 Å². The Bertz CT molecular complexity index is 1350. The maximum absolute atomic E-state index is 13.5. The van der Waals surface area contributed by atoms with E-state index in [2.05, 4.69) is 20.0 Å². The van der Waals surface area contributed by atoms with Gasteiger partial charge in [0.2, 0.25) is 0 Å². The predicted octanol–water partition coefficient (Wildman–Crippen LogP) is 4.55. The van der Waals surface area contributed by atoms with Gasteiger partial charge in [0, 0.05) is 18.4 Å². The van der Waals surface area contributed by atoms with Gasteiger partial charge in [-0.2, -0.15) is 0 Å². The van der Waals surface area contributed by atoms with Crippen LogP contribution in [0.2, 0.25) is 0 Å². The molecule has 2 amide bonds. The minimum absolute atomic E-state index is 0.00179. The summed E-state index contributed by atoms with van der Waals surface area (Å²) in [7, 11) is 2.76. The van der Waals surface area contributed by atoms with Gasteiger partial charge in [-0.05, 0) is 60.5 Å². The Morgan fingerprint density at radius 3 is 2.49 bits per heavy atom. The molecule has 0 bridgehead atoms. The molecule has 9 nitrogen and oxygen atoms in total. The molecule has 0 fully saturated rings. The van der Waals surface area contributed by atoms with E-state index in [0.717, 1.165) is 16.6 Å². The van der Waals surface area contributed by atoms with Crippen LogP contribution in [0.1, 0.15) is 22.8 Å². The number of fused-ring (bicyclic) bond motifs is 1. The largest absolute Gasteiger partial charge is 0.453 e. The molecule has 0 saturated heterocycles. The van der Waals surface area contributed by atoms with Crippen LogP contribution in [0.25, 0.3) is 16.7 Å². The lowest BCUT2D eigenvalue weighted by Gasteiger charge is -2.22. The number of halogens is 1. The molecule has 2 aromatic carbocycles. The molecule has 4 rings (SSSR count). The fraction of sp³-hybridized carbons (Fsp3) is 0.200. The number of carbonyl (C=O) groups is 2. The number of pyridine rings is 1. The summed E-state index contributed by atoms with van der Waals surface area (Å²) in [4.78, 5) is 35.2. The van der Waals surface area contributed by atoms with Crippen LogP contribution >= 0.6 is 0 Å². The lowest BCUT2D eigenvalue weighted by atomic mass is 10.0. The molecule has 0 radical (unpaired) electrons. The number of aryl methyl sites for hydroxylation is 1. The highest BCUT2D eigenvalue weighted by Gasteiger charge is 2.21. The summed E-state index contributed by atoms with van der Waals surface area (Å²) >= 11 is 0. The summed E-state index contributed by atoms with van der Waals surface area (Å²) in [6.07, 6.45) is 3.30. The van der Waals surface area contributed by atoms with Crippen molar-refractivity contribution in [2.24, 2.45) is 0 Å². The molecule has 35 heavy (non-hydrogen) atoms. The van der Waals surface area contributed by atoms with Crippen molar-refractivity contribution in [3.8, 4) is 5.69 Å². The van der Waals surface area contributed by atoms with E-state index < -0.39 is 11.9 Å². The first kappa shape index (κ1) is 23.8. The minimum Gasteiger partial charge on any atom is -0.453 e. The summed E-state index contributed by atoms with van der Waals surface area (Å²) in [6.45, 7) is 1.99. The van der Waals surface area contributed by atoms with Crippen LogP contribution < -0.4 is 10.2 Å². The highest BCUT2D eigenvalue weighted by molar-refractivity contribution is 6.08. The third-order valence-corrected chi connectivity index (χ3v) is 5.44. The zero-order valence-electron chi connectivity index (χ0n) is 19.5. The Kier molecular flexibility index (Phi) is 7.02. The number of methoxy groups -OCH3 is 2. The maximum Gasteiger partial charge on any atom is 0.412 e. The molecule has 4 aromatic rings. The minimum atomic E-state index is -0.615. The first-order chi connectivity index (χ1) is 16.9. The third-order valence-electron chi connectivity index (χ3n) is 5.44. The summed E-state index contributed by atoms with van der Waals surface area (Å²) in [5.41, 5.74) is 4.04. The Hall–Kier alpha value is -4.31. The second kappa shape index (κ2) is 10.3. The van der Waals surface area contributed by atoms with E-state index in [1.54, 1.807) is 30.7 Å². The number of aromatic nitrogens is 3. The van der Waals surface area contributed by atoms with Gasteiger partial charge in [0.15, 0.2) is 0 Å². The van der Waals surface area contributed by atoms with E-state index >= 15 is 0 Å². The van der Waals surface area contributed by atoms with Crippen molar-refractivity contribution < 1.29 is 23.5 Å². The smallest absolute Gasteiger partial charge is 0.412 e. The highest BCUT2D eigenvalue weighted by Crippen LogP contribution is 2.26. The number of hydrogen-bond acceptors (Lipinski definition) is 6. The number of amides is 2. The summed E-state index contributed by atoms with van der Waals surface area (Å²) in [6, 6.07) is 12.7. The number of carbonyl (C=O) groups excluding carboxylic acids is 2. The van der Waals surface area contributed by atoms with Gasteiger partial charge in [-0.15, -0.1) is 0 Å². The number of nitrogens with one attached hydrogen (secondary N) is 1. The number of benzene rings is 2. The first-order valence-electron chi connectivity index (χ1n) is 10.8. The quantitative estimate of drug-likeness (QED) is 0.392. The Morgan fingerprint density at radius 2 is 1.86 bits per heavy atom. The van der Waals surface area contributed by atoms with Crippen LogP contribution in [0.5, 0.6) is 0 Å². The number of hydrogen-bond donors (Lipinski definition) is 1. The summed E-state index contributed by atoms with van der Waals surface area (Å²) in [5, 5.41) is 2.50. The van der Waals surface area contributed by atoms with Crippen molar-refractivity contribution in [2.45, 2.75) is 13.3 Å². The summed E-state index contributed by atoms with van der Waals surface area (Å²) in [5.74, 6) is -0.346. The fourth-order valence-corrected chi connectivity index (χ4v) is 3.70. The van der Waals surface area contributed by atoms with Crippen molar-refractivity contribution >= 4 is 34.5 Å². The van der Waals surface area contributed by atoms with E-state index in [9.17, 15) is 14.0 Å². The zero-order valence-corrected chi connectivity index (χ0v) is 19.5. The van der Waals surface area contributed by atoms with Crippen molar-refractivity contribution in [1.82, 2.24) is 14.5 Å². The fourth-order valence-electron chi connectivity index (χ4n) is 3.70. The van der Waals surface area contributed by atoms with Crippen LogP contribution in [-0.2, 0) is 15.9 Å². The topological polar surface area (TPSA) is 98.6 Å². The Balaban J connectivity index is 1.74. The maximum atomic E-state index is 13.5. The molecule has 0 aliphatic carbocycles. The molecular weight excluding hydrogens is 453 g/mol. The van der Waals surface area contributed by atoms with Crippen molar-refractivity contribution in [2.75, 3.05) is 31.2 Å². The van der Waals surface area contributed by atoms with Crippen LogP contribution in [-0.4, -0.2) is 47.5 Å². The zero-order chi connectivity index (χ0) is 24.9. The molecule has 0 saturated carbocycles. The van der Waals surface area contributed by atoms with Crippen molar-refractivity contribution in [3.05, 3.63) is 78.0 Å². The second-order valence-electron chi connectivity index (χ2n) is 7.62. The van der Waals surface area contributed by atoms with Crippen LogP contribution in [0.4, 0.5) is 20.7 Å². The molecule has 10 heteroatoms. The van der Waals surface area contributed by atoms with E-state index in [0.29, 0.717) is 29.2 Å². The Labute approximate surface area is 201 Å². The molecule has 0 aliphatic heterocycles. The average Bonchev–Trinajstić information content (AvgIpc) is 3.31. The number of anilines is 2. The molecule has 1 N–H and O–H groups in total. The average molecular weight is 477 g/mol. The van der Waals surface area contributed by atoms with Gasteiger partial charge < -0.3 is 9.47 Å². The molecule has 2 aromatic heterocycles. The number of imidazole rings is 1. The summed E-state index contributed by atoms with van der Waals surface area (Å²) < 4.78 is 25.1. The highest BCUT2D eigenvalue weighted by atomic mass is 19.1. The lowest BCUT2D eigenvalue weighted by Crippen LogP contribution is -2.32. The normalized spacial score (nSPS) is 10.9. The number of ether oxygens (including phenoxy) is 2.